The molecule has 0 aromatic carbocycles. The van der Waals surface area contributed by atoms with E-state index in [1.165, 1.54) is 25.8 Å². The molecule has 0 radical (unpaired) electrons. The molecule has 0 spiro atoms. The highest BCUT2D eigenvalue weighted by Crippen LogP contribution is 2.19. The van der Waals surface area contributed by atoms with E-state index in [-0.39, 0.29) is 0 Å². The average molecular weight is 180 g/mol. The molecule has 2 atom stereocenters. The molecule has 0 amide bonds. The Morgan fingerprint density at radius 3 is 3.08 bits per heavy atom. The minimum Gasteiger partial charge on any atom is -0.314 e. The summed E-state index contributed by atoms with van der Waals surface area (Å²) in [7, 11) is 0. The Hall–Kier alpha value is -0.340. The molecule has 1 heterocycles. The molecule has 1 fully saturated rings. The summed E-state index contributed by atoms with van der Waals surface area (Å²) < 4.78 is 0. The third kappa shape index (κ3) is 2.12. The lowest BCUT2D eigenvalue weighted by Gasteiger charge is -2.39. The third-order valence-corrected chi connectivity index (χ3v) is 3.21. The van der Waals surface area contributed by atoms with Crippen molar-refractivity contribution < 1.29 is 0 Å². The van der Waals surface area contributed by atoms with Crippen molar-refractivity contribution in [2.24, 2.45) is 0 Å². The molecule has 2 nitrogen and oxygen atoms in total. The quantitative estimate of drug-likeness (QED) is 0.613. The predicted octanol–water partition coefficient (Wildman–Crippen LogP) is 1.39. The van der Waals surface area contributed by atoms with E-state index in [1.807, 2.05) is 0 Å². The molecule has 0 saturated carbocycles. The van der Waals surface area contributed by atoms with Gasteiger partial charge < -0.3 is 5.32 Å². The minimum absolute atomic E-state index is 0.710. The fourth-order valence-electron chi connectivity index (χ4n) is 2.42. The van der Waals surface area contributed by atoms with E-state index in [2.05, 4.69) is 29.3 Å². The topological polar surface area (TPSA) is 15.3 Å². The summed E-state index contributed by atoms with van der Waals surface area (Å²) in [5.41, 5.74) is 0. The summed E-state index contributed by atoms with van der Waals surface area (Å²) >= 11 is 0. The Labute approximate surface area is 81.0 Å². The molecular formula is C11H20N2. The van der Waals surface area contributed by atoms with Crippen molar-refractivity contribution in [3.8, 4) is 0 Å². The molecule has 0 aromatic rings. The molecule has 13 heavy (non-hydrogen) atoms. The lowest BCUT2D eigenvalue weighted by Crippen LogP contribution is -2.53. The van der Waals surface area contributed by atoms with E-state index in [0.29, 0.717) is 6.04 Å². The van der Waals surface area contributed by atoms with E-state index < -0.39 is 0 Å². The summed E-state index contributed by atoms with van der Waals surface area (Å²) in [6.07, 6.45) is 8.78. The second-order valence-corrected chi connectivity index (χ2v) is 4.22. The summed E-state index contributed by atoms with van der Waals surface area (Å²) in [6.45, 7) is 5.86. The van der Waals surface area contributed by atoms with Gasteiger partial charge in [0.15, 0.2) is 0 Å². The van der Waals surface area contributed by atoms with Crippen molar-refractivity contribution in [3.05, 3.63) is 12.2 Å². The Bertz CT molecular complexity index is 189. The first-order chi connectivity index (χ1) is 6.38. The van der Waals surface area contributed by atoms with Crippen LogP contribution in [0.5, 0.6) is 0 Å². The zero-order valence-corrected chi connectivity index (χ0v) is 8.50. The van der Waals surface area contributed by atoms with Crippen molar-refractivity contribution in [1.29, 1.82) is 0 Å². The first kappa shape index (κ1) is 9.22. The van der Waals surface area contributed by atoms with Crippen LogP contribution in [0, 0.1) is 0 Å². The summed E-state index contributed by atoms with van der Waals surface area (Å²) in [6, 6.07) is 1.44. The van der Waals surface area contributed by atoms with Gasteiger partial charge in [-0.05, 0) is 26.2 Å². The smallest absolute Gasteiger partial charge is 0.0282 e. The number of piperazine rings is 1. The second kappa shape index (κ2) is 4.25. The number of rotatable bonds is 1. The molecular weight excluding hydrogens is 160 g/mol. The van der Waals surface area contributed by atoms with Crippen LogP contribution in [0.4, 0.5) is 0 Å². The van der Waals surface area contributed by atoms with Crippen molar-refractivity contribution in [2.75, 3.05) is 19.6 Å². The van der Waals surface area contributed by atoms with E-state index in [1.54, 1.807) is 0 Å². The van der Waals surface area contributed by atoms with Crippen LogP contribution in [0.3, 0.4) is 0 Å². The van der Waals surface area contributed by atoms with Gasteiger partial charge in [-0.15, -0.1) is 0 Å². The van der Waals surface area contributed by atoms with E-state index >= 15 is 0 Å². The predicted molar refractivity (Wildman–Crippen MR) is 55.8 cm³/mol. The van der Waals surface area contributed by atoms with Crippen LogP contribution in [0.2, 0.25) is 0 Å². The summed E-state index contributed by atoms with van der Waals surface area (Å²) in [5, 5.41) is 3.44. The summed E-state index contributed by atoms with van der Waals surface area (Å²) in [5.74, 6) is 0. The zero-order valence-electron chi connectivity index (χ0n) is 8.50. The van der Waals surface area contributed by atoms with Gasteiger partial charge >= 0.3 is 0 Å². The van der Waals surface area contributed by atoms with Gasteiger partial charge in [0.05, 0.1) is 0 Å². The highest BCUT2D eigenvalue weighted by atomic mass is 15.2. The van der Waals surface area contributed by atoms with Crippen LogP contribution < -0.4 is 5.32 Å². The van der Waals surface area contributed by atoms with Crippen molar-refractivity contribution in [2.45, 2.75) is 38.3 Å². The van der Waals surface area contributed by atoms with Gasteiger partial charge in [-0.1, -0.05) is 12.2 Å². The van der Waals surface area contributed by atoms with Crippen molar-refractivity contribution in [3.63, 3.8) is 0 Å². The monoisotopic (exact) mass is 180 g/mol. The van der Waals surface area contributed by atoms with Gasteiger partial charge in [-0.25, -0.2) is 0 Å². The van der Waals surface area contributed by atoms with Gasteiger partial charge in [0.1, 0.15) is 0 Å². The Morgan fingerprint density at radius 1 is 1.46 bits per heavy atom. The normalized spacial score (nSPS) is 36.4. The molecule has 1 aliphatic heterocycles. The highest BCUT2D eigenvalue weighted by molar-refractivity contribution is 5.00. The molecule has 74 valence electrons. The molecule has 1 N–H and O–H groups in total. The van der Waals surface area contributed by atoms with E-state index in [0.717, 1.165) is 19.1 Å². The summed E-state index contributed by atoms with van der Waals surface area (Å²) in [4.78, 5) is 2.64. The fourth-order valence-corrected chi connectivity index (χ4v) is 2.42. The molecule has 2 aliphatic rings. The number of nitrogens with one attached hydrogen (secondary N) is 1. The second-order valence-electron chi connectivity index (χ2n) is 4.22. The SMILES string of the molecule is C[C@@H]1CNCCN1C1C=CCCC1. The van der Waals surface area contributed by atoms with E-state index in [9.17, 15) is 0 Å². The van der Waals surface area contributed by atoms with Gasteiger partial charge in [0.25, 0.3) is 0 Å². The average Bonchev–Trinajstić information content (AvgIpc) is 2.20. The third-order valence-electron chi connectivity index (χ3n) is 3.21. The van der Waals surface area contributed by atoms with Gasteiger partial charge in [0, 0.05) is 31.7 Å². The Kier molecular flexibility index (Phi) is 3.01. The van der Waals surface area contributed by atoms with Crippen molar-refractivity contribution in [1.82, 2.24) is 10.2 Å². The number of hydrogen-bond acceptors (Lipinski definition) is 2. The first-order valence-corrected chi connectivity index (χ1v) is 5.51. The Balaban J connectivity index is 1.96. The van der Waals surface area contributed by atoms with Crippen LogP contribution >= 0.6 is 0 Å². The standard InChI is InChI=1S/C11H20N2/c1-10-9-12-7-8-13(10)11-5-3-2-4-6-11/h3,5,10-12H,2,4,6-9H2,1H3/t10-,11?/m1/s1. The van der Waals surface area contributed by atoms with Gasteiger partial charge in [-0.2, -0.15) is 0 Å². The molecule has 1 saturated heterocycles. The lowest BCUT2D eigenvalue weighted by atomic mass is 9.99. The molecule has 1 unspecified atom stereocenters. The van der Waals surface area contributed by atoms with Gasteiger partial charge in [-0.3, -0.25) is 4.90 Å². The van der Waals surface area contributed by atoms with Crippen LogP contribution in [-0.4, -0.2) is 36.6 Å². The number of allylic oxidation sites excluding steroid dienone is 1. The van der Waals surface area contributed by atoms with Crippen LogP contribution in [0.15, 0.2) is 12.2 Å². The van der Waals surface area contributed by atoms with Gasteiger partial charge in [0.2, 0.25) is 0 Å². The largest absolute Gasteiger partial charge is 0.314 e. The lowest BCUT2D eigenvalue weighted by molar-refractivity contribution is 0.131. The molecule has 0 bridgehead atoms. The minimum atomic E-state index is 0.710. The number of hydrogen-bond donors (Lipinski definition) is 1. The fraction of sp³-hybridized carbons (Fsp3) is 0.818. The Morgan fingerprint density at radius 2 is 2.38 bits per heavy atom. The van der Waals surface area contributed by atoms with E-state index in [4.69, 9.17) is 0 Å². The van der Waals surface area contributed by atoms with Crippen LogP contribution in [0.1, 0.15) is 26.2 Å². The van der Waals surface area contributed by atoms with Crippen LogP contribution in [0.25, 0.3) is 0 Å². The first-order valence-electron chi connectivity index (χ1n) is 5.51. The zero-order chi connectivity index (χ0) is 9.10. The maximum atomic E-state index is 3.44. The maximum absolute atomic E-state index is 3.44. The van der Waals surface area contributed by atoms with Crippen molar-refractivity contribution >= 4 is 0 Å². The highest BCUT2D eigenvalue weighted by Gasteiger charge is 2.24. The van der Waals surface area contributed by atoms with Crippen LogP contribution in [-0.2, 0) is 0 Å². The molecule has 2 rings (SSSR count). The molecule has 1 aliphatic carbocycles. The molecule has 0 aromatic heterocycles. The maximum Gasteiger partial charge on any atom is 0.0282 e. The number of nitrogens with zero attached hydrogens (tertiary/aromatic N) is 1. The molecule has 2 heteroatoms.